The highest BCUT2D eigenvalue weighted by atomic mass is 15.5. The first-order chi connectivity index (χ1) is 8.68. The van der Waals surface area contributed by atoms with Gasteiger partial charge in [-0.05, 0) is 38.2 Å². The summed E-state index contributed by atoms with van der Waals surface area (Å²) in [6.45, 7) is 7.98. The molecule has 1 aromatic rings. The van der Waals surface area contributed by atoms with E-state index in [1.54, 1.807) is 0 Å². The highest BCUT2D eigenvalue weighted by Gasteiger charge is 2.24. The second-order valence-electron chi connectivity index (χ2n) is 5.71. The maximum absolute atomic E-state index is 3.65. The zero-order chi connectivity index (χ0) is 13.0. The number of hydrogen-bond acceptors (Lipinski definition) is 2. The molecule has 18 heavy (non-hydrogen) atoms. The van der Waals surface area contributed by atoms with Crippen molar-refractivity contribution in [2.75, 3.05) is 6.54 Å². The molecule has 3 atom stereocenters. The number of rotatable bonds is 4. The minimum Gasteiger partial charge on any atom is -0.254 e. The fraction of sp³-hybridized carbons (Fsp3) is 0.625. The summed E-state index contributed by atoms with van der Waals surface area (Å²) >= 11 is 0. The monoisotopic (exact) mass is 246 g/mol. The SMILES string of the molecule is CC(CNN1C(C)CCCC1C)c1ccccc1. The predicted molar refractivity (Wildman–Crippen MR) is 77.5 cm³/mol. The van der Waals surface area contributed by atoms with Gasteiger partial charge in [0.1, 0.15) is 0 Å². The molecule has 0 bridgehead atoms. The lowest BCUT2D eigenvalue weighted by atomic mass is 9.99. The maximum atomic E-state index is 3.65. The topological polar surface area (TPSA) is 15.3 Å². The number of hydrazine groups is 1. The van der Waals surface area contributed by atoms with E-state index in [0.29, 0.717) is 18.0 Å². The van der Waals surface area contributed by atoms with Crippen molar-refractivity contribution < 1.29 is 0 Å². The van der Waals surface area contributed by atoms with Crippen LogP contribution in [0.5, 0.6) is 0 Å². The third-order valence-electron chi connectivity index (χ3n) is 4.14. The van der Waals surface area contributed by atoms with E-state index < -0.39 is 0 Å². The quantitative estimate of drug-likeness (QED) is 0.874. The van der Waals surface area contributed by atoms with Crippen LogP contribution in [0.15, 0.2) is 30.3 Å². The summed E-state index contributed by atoms with van der Waals surface area (Å²) in [5, 5.41) is 2.46. The molecule has 0 aliphatic carbocycles. The van der Waals surface area contributed by atoms with Crippen molar-refractivity contribution in [2.24, 2.45) is 0 Å². The van der Waals surface area contributed by atoms with Crippen LogP contribution in [-0.2, 0) is 0 Å². The van der Waals surface area contributed by atoms with E-state index >= 15 is 0 Å². The van der Waals surface area contributed by atoms with Crippen molar-refractivity contribution in [3.8, 4) is 0 Å². The van der Waals surface area contributed by atoms with E-state index in [1.807, 2.05) is 0 Å². The number of benzene rings is 1. The van der Waals surface area contributed by atoms with Crippen LogP contribution in [0.3, 0.4) is 0 Å². The molecule has 3 unspecified atom stereocenters. The van der Waals surface area contributed by atoms with E-state index in [1.165, 1.54) is 24.8 Å². The van der Waals surface area contributed by atoms with Gasteiger partial charge < -0.3 is 0 Å². The van der Waals surface area contributed by atoms with Gasteiger partial charge in [-0.25, -0.2) is 5.01 Å². The molecule has 0 spiro atoms. The third kappa shape index (κ3) is 3.33. The van der Waals surface area contributed by atoms with Crippen molar-refractivity contribution in [3.63, 3.8) is 0 Å². The second kappa shape index (κ2) is 6.35. The fourth-order valence-electron chi connectivity index (χ4n) is 2.87. The molecule has 1 aliphatic rings. The summed E-state index contributed by atoms with van der Waals surface area (Å²) in [5.74, 6) is 0.563. The van der Waals surface area contributed by atoms with Gasteiger partial charge in [0.05, 0.1) is 0 Å². The summed E-state index contributed by atoms with van der Waals surface area (Å²) in [4.78, 5) is 0. The number of piperidine rings is 1. The van der Waals surface area contributed by atoms with Crippen molar-refractivity contribution in [1.82, 2.24) is 10.4 Å². The van der Waals surface area contributed by atoms with Crippen molar-refractivity contribution in [1.29, 1.82) is 0 Å². The Hall–Kier alpha value is -0.860. The zero-order valence-electron chi connectivity index (χ0n) is 11.9. The molecule has 1 fully saturated rings. The van der Waals surface area contributed by atoms with Crippen LogP contribution in [-0.4, -0.2) is 23.6 Å². The van der Waals surface area contributed by atoms with E-state index in [4.69, 9.17) is 0 Å². The minimum absolute atomic E-state index is 0.563. The molecule has 2 rings (SSSR count). The van der Waals surface area contributed by atoms with Gasteiger partial charge in [0.25, 0.3) is 0 Å². The van der Waals surface area contributed by atoms with Crippen LogP contribution in [0.2, 0.25) is 0 Å². The predicted octanol–water partition coefficient (Wildman–Crippen LogP) is 3.56. The molecule has 0 radical (unpaired) electrons. The lowest BCUT2D eigenvalue weighted by Gasteiger charge is -2.39. The zero-order valence-corrected chi connectivity index (χ0v) is 11.9. The summed E-state index contributed by atoms with van der Waals surface area (Å²) < 4.78 is 0. The Morgan fingerprint density at radius 3 is 2.39 bits per heavy atom. The van der Waals surface area contributed by atoms with Gasteiger partial charge in [-0.1, -0.05) is 43.7 Å². The normalized spacial score (nSPS) is 27.1. The molecule has 1 N–H and O–H groups in total. The Labute approximate surface area is 111 Å². The Bertz CT molecular complexity index is 339. The molecule has 1 aromatic carbocycles. The molecule has 2 nitrogen and oxygen atoms in total. The maximum Gasteiger partial charge on any atom is 0.0218 e. The van der Waals surface area contributed by atoms with Gasteiger partial charge in [0, 0.05) is 18.6 Å². The standard InChI is InChI=1S/C16H26N2/c1-13(16-10-5-4-6-11-16)12-17-18-14(2)8-7-9-15(18)3/h4-6,10-11,13-15,17H,7-9,12H2,1-3H3. The van der Waals surface area contributed by atoms with Crippen molar-refractivity contribution >= 4 is 0 Å². The van der Waals surface area contributed by atoms with Gasteiger partial charge in [0.2, 0.25) is 0 Å². The molecule has 2 heteroatoms. The first kappa shape index (κ1) is 13.6. The van der Waals surface area contributed by atoms with Crippen molar-refractivity contribution in [3.05, 3.63) is 35.9 Å². The van der Waals surface area contributed by atoms with Crippen LogP contribution in [0.1, 0.15) is 51.5 Å². The highest BCUT2D eigenvalue weighted by Crippen LogP contribution is 2.21. The largest absolute Gasteiger partial charge is 0.254 e. The molecule has 1 saturated heterocycles. The van der Waals surface area contributed by atoms with Crippen LogP contribution in [0.25, 0.3) is 0 Å². The van der Waals surface area contributed by atoms with Crippen molar-refractivity contribution in [2.45, 2.75) is 58.0 Å². The number of nitrogens with zero attached hydrogens (tertiary/aromatic N) is 1. The summed E-state index contributed by atoms with van der Waals surface area (Å²) in [7, 11) is 0. The Balaban J connectivity index is 1.87. The van der Waals surface area contributed by atoms with Gasteiger partial charge in [-0.3, -0.25) is 5.43 Å². The van der Waals surface area contributed by atoms with Gasteiger partial charge in [-0.2, -0.15) is 0 Å². The molecule has 1 aliphatic heterocycles. The van der Waals surface area contributed by atoms with Gasteiger partial charge in [-0.15, -0.1) is 0 Å². The Morgan fingerprint density at radius 2 is 1.78 bits per heavy atom. The molecule has 0 saturated carbocycles. The van der Waals surface area contributed by atoms with Crippen LogP contribution in [0.4, 0.5) is 0 Å². The lowest BCUT2D eigenvalue weighted by molar-refractivity contribution is 0.0448. The highest BCUT2D eigenvalue weighted by molar-refractivity contribution is 5.18. The van der Waals surface area contributed by atoms with E-state index in [-0.39, 0.29) is 0 Å². The summed E-state index contributed by atoms with van der Waals surface area (Å²) in [6, 6.07) is 12.1. The average Bonchev–Trinajstić information content (AvgIpc) is 2.39. The third-order valence-corrected chi connectivity index (χ3v) is 4.14. The lowest BCUT2D eigenvalue weighted by Crippen LogP contribution is -2.52. The molecule has 1 heterocycles. The fourth-order valence-corrected chi connectivity index (χ4v) is 2.87. The summed E-state index contributed by atoms with van der Waals surface area (Å²) in [6.07, 6.45) is 4.00. The van der Waals surface area contributed by atoms with E-state index in [9.17, 15) is 0 Å². The molecule has 0 aromatic heterocycles. The van der Waals surface area contributed by atoms with Gasteiger partial charge >= 0.3 is 0 Å². The van der Waals surface area contributed by atoms with E-state index in [0.717, 1.165) is 6.54 Å². The first-order valence-electron chi connectivity index (χ1n) is 7.25. The summed E-state index contributed by atoms with van der Waals surface area (Å²) in [5.41, 5.74) is 5.07. The Morgan fingerprint density at radius 1 is 1.17 bits per heavy atom. The average molecular weight is 246 g/mol. The molecule has 100 valence electrons. The smallest absolute Gasteiger partial charge is 0.0218 e. The molecular formula is C16H26N2. The minimum atomic E-state index is 0.563. The Kier molecular flexibility index (Phi) is 4.79. The van der Waals surface area contributed by atoms with Crippen LogP contribution < -0.4 is 5.43 Å². The molecule has 0 amide bonds. The van der Waals surface area contributed by atoms with E-state index in [2.05, 4.69) is 61.5 Å². The van der Waals surface area contributed by atoms with Crippen LogP contribution >= 0.6 is 0 Å². The first-order valence-corrected chi connectivity index (χ1v) is 7.25. The molecular weight excluding hydrogens is 220 g/mol. The van der Waals surface area contributed by atoms with Gasteiger partial charge in [0.15, 0.2) is 0 Å². The van der Waals surface area contributed by atoms with Crippen LogP contribution in [0, 0.1) is 0 Å². The number of nitrogens with one attached hydrogen (secondary N) is 1. The second-order valence-corrected chi connectivity index (χ2v) is 5.71. The number of hydrogen-bond donors (Lipinski definition) is 1.